The third kappa shape index (κ3) is 8.05. The number of hydrogen-bond acceptors (Lipinski definition) is 7. The summed E-state index contributed by atoms with van der Waals surface area (Å²) in [7, 11) is 1.00. The van der Waals surface area contributed by atoms with Crippen LogP contribution in [0.2, 0.25) is 0 Å². The Balaban J connectivity index is 1.52. The molecule has 2 unspecified atom stereocenters. The number of carbonyl (C=O) groups excluding carboxylic acids is 2. The zero-order chi connectivity index (χ0) is 34.8. The number of aromatic nitrogens is 1. The summed E-state index contributed by atoms with van der Waals surface area (Å²) < 4.78 is 43.2. The van der Waals surface area contributed by atoms with Gasteiger partial charge in [0.2, 0.25) is 0 Å². The number of hydrogen-bond donors (Lipinski definition) is 1. The van der Waals surface area contributed by atoms with E-state index in [-0.39, 0.29) is 43.5 Å². The van der Waals surface area contributed by atoms with E-state index < -0.39 is 15.8 Å². The van der Waals surface area contributed by atoms with E-state index in [0.717, 1.165) is 33.8 Å². The third-order valence-electron chi connectivity index (χ3n) is 9.48. The molecule has 1 fully saturated rings. The van der Waals surface area contributed by atoms with Crippen molar-refractivity contribution >= 4 is 33.0 Å². The summed E-state index contributed by atoms with van der Waals surface area (Å²) in [6.45, 7) is 6.74. The van der Waals surface area contributed by atoms with Crippen LogP contribution in [0.1, 0.15) is 86.3 Å². The molecule has 1 aromatic carbocycles. The first-order chi connectivity index (χ1) is 22.7. The Morgan fingerprint density at radius 2 is 1.75 bits per heavy atom. The predicted molar refractivity (Wildman–Crippen MR) is 186 cm³/mol. The number of carbonyl (C=O) groups is 2. The van der Waals surface area contributed by atoms with Crippen molar-refractivity contribution in [2.45, 2.75) is 76.9 Å². The van der Waals surface area contributed by atoms with Gasteiger partial charge in [-0.15, -0.1) is 0 Å². The SMILES string of the molecule is COC1=CC2C=C(C(=O)N(C)CCOCCN(C)S(N)(=O)=O)Cn3c(c(C4CCCCC4)c4ccc(C(=O)OC(C)(C)C)cc43)C2C=C1. The van der Waals surface area contributed by atoms with Gasteiger partial charge >= 0.3 is 5.97 Å². The number of nitrogens with zero attached hydrogens (tertiary/aromatic N) is 3. The summed E-state index contributed by atoms with van der Waals surface area (Å²) >= 11 is 0. The van der Waals surface area contributed by atoms with Gasteiger partial charge in [0.1, 0.15) is 11.4 Å². The second-order valence-corrected chi connectivity index (χ2v) is 15.7. The predicted octanol–water partition coefficient (Wildman–Crippen LogP) is 4.99. The van der Waals surface area contributed by atoms with Crippen molar-refractivity contribution in [1.29, 1.82) is 0 Å². The Kier molecular flexibility index (Phi) is 10.9. The Labute approximate surface area is 284 Å². The highest BCUT2D eigenvalue weighted by Gasteiger charge is 2.36. The van der Waals surface area contributed by atoms with E-state index in [1.807, 2.05) is 39.0 Å². The summed E-state index contributed by atoms with van der Waals surface area (Å²) in [5.74, 6) is 0.503. The summed E-state index contributed by atoms with van der Waals surface area (Å²) in [5.41, 5.74) is 3.92. The third-order valence-corrected chi connectivity index (χ3v) is 10.5. The molecule has 12 heteroatoms. The van der Waals surface area contributed by atoms with Crippen LogP contribution < -0.4 is 5.14 Å². The molecule has 5 rings (SSSR count). The van der Waals surface area contributed by atoms with Crippen LogP contribution in [0.3, 0.4) is 0 Å². The molecular formula is C36H50N4O7S. The fourth-order valence-corrected chi connectivity index (χ4v) is 7.34. The molecule has 11 nitrogen and oxygen atoms in total. The lowest BCUT2D eigenvalue weighted by Gasteiger charge is -2.28. The number of nitrogens with two attached hydrogens (primary N) is 1. The van der Waals surface area contributed by atoms with Crippen LogP contribution in [0.25, 0.3) is 10.9 Å². The van der Waals surface area contributed by atoms with E-state index >= 15 is 0 Å². The number of rotatable bonds is 11. The molecular weight excluding hydrogens is 632 g/mol. The first kappa shape index (κ1) is 35.8. The molecule has 2 heterocycles. The number of likely N-dealkylation sites (N-methyl/N-ethyl adjacent to an activating group) is 2. The quantitative estimate of drug-likeness (QED) is 0.261. The van der Waals surface area contributed by atoms with Crippen LogP contribution in [0.15, 0.2) is 53.8 Å². The monoisotopic (exact) mass is 682 g/mol. The lowest BCUT2D eigenvalue weighted by atomic mass is 9.77. The topological polar surface area (TPSA) is 133 Å². The summed E-state index contributed by atoms with van der Waals surface area (Å²) in [4.78, 5) is 29.0. The minimum absolute atomic E-state index is 0.0204. The molecule has 3 aliphatic rings. The molecule has 1 amide bonds. The van der Waals surface area contributed by atoms with Crippen LogP contribution in [0.4, 0.5) is 0 Å². The average molecular weight is 683 g/mol. The molecule has 1 aliphatic heterocycles. The van der Waals surface area contributed by atoms with E-state index in [0.29, 0.717) is 30.1 Å². The molecule has 1 aromatic heterocycles. The van der Waals surface area contributed by atoms with E-state index in [2.05, 4.69) is 28.9 Å². The van der Waals surface area contributed by atoms with E-state index in [1.54, 1.807) is 19.1 Å². The van der Waals surface area contributed by atoms with Gasteiger partial charge in [0.25, 0.3) is 16.1 Å². The fourth-order valence-electron chi connectivity index (χ4n) is 7.01. The number of methoxy groups -OCH3 is 1. The van der Waals surface area contributed by atoms with Gasteiger partial charge in [0, 0.05) is 61.2 Å². The molecule has 0 spiro atoms. The van der Waals surface area contributed by atoms with E-state index in [4.69, 9.17) is 19.3 Å². The van der Waals surface area contributed by atoms with Gasteiger partial charge in [-0.3, -0.25) is 4.79 Å². The molecule has 0 radical (unpaired) electrons. The van der Waals surface area contributed by atoms with E-state index in [1.165, 1.54) is 37.6 Å². The van der Waals surface area contributed by atoms with Crippen LogP contribution in [-0.2, 0) is 35.8 Å². The highest BCUT2D eigenvalue weighted by molar-refractivity contribution is 7.86. The molecule has 2 aliphatic carbocycles. The minimum atomic E-state index is -3.78. The number of benzene rings is 1. The normalized spacial score (nSPS) is 20.1. The van der Waals surface area contributed by atoms with Crippen molar-refractivity contribution in [3.63, 3.8) is 0 Å². The van der Waals surface area contributed by atoms with Crippen molar-refractivity contribution in [3.8, 4) is 0 Å². The maximum Gasteiger partial charge on any atom is 0.338 e. The molecule has 2 atom stereocenters. The van der Waals surface area contributed by atoms with Crippen LogP contribution in [0.5, 0.6) is 0 Å². The van der Waals surface area contributed by atoms with Crippen LogP contribution in [-0.4, -0.2) is 87.2 Å². The molecule has 262 valence electrons. The van der Waals surface area contributed by atoms with Gasteiger partial charge in [0.05, 0.1) is 32.4 Å². The number of allylic oxidation sites excluding steroid dienone is 4. The van der Waals surface area contributed by atoms with Gasteiger partial charge in [0.15, 0.2) is 0 Å². The Morgan fingerprint density at radius 3 is 2.42 bits per heavy atom. The standard InChI is InChI=1S/C36H50N4O7S/c1-36(2,3)47-35(42)25-12-14-30-31(22-25)40-23-27(34(41)38(4)16-18-46-19-17-39(5)48(37,43)44)20-26-21-28(45-6)13-15-29(26)33(40)32(30)24-10-8-7-9-11-24/h12-15,20-22,24,26,29H,7-11,16-19,23H2,1-6H3,(H2,37,43,44). The first-order valence-corrected chi connectivity index (χ1v) is 18.3. The maximum absolute atomic E-state index is 14.1. The maximum atomic E-state index is 14.1. The summed E-state index contributed by atoms with van der Waals surface area (Å²) in [6, 6.07) is 5.87. The van der Waals surface area contributed by atoms with Crippen molar-refractivity contribution < 1.29 is 32.2 Å². The smallest absolute Gasteiger partial charge is 0.338 e. The van der Waals surface area contributed by atoms with Crippen LogP contribution in [0, 0.1) is 5.92 Å². The second kappa shape index (κ2) is 14.6. The van der Waals surface area contributed by atoms with Crippen molar-refractivity contribution in [3.05, 3.63) is 70.7 Å². The number of ether oxygens (including phenoxy) is 3. The number of amides is 1. The van der Waals surface area contributed by atoms with Gasteiger partial charge in [-0.05, 0) is 69.4 Å². The Hall–Kier alpha value is -3.45. The molecule has 2 N–H and O–H groups in total. The summed E-state index contributed by atoms with van der Waals surface area (Å²) in [6.07, 6.45) is 14.2. The zero-order valence-corrected chi connectivity index (χ0v) is 29.8. The molecule has 2 aromatic rings. The Bertz CT molecular complexity index is 1730. The number of fused-ring (bicyclic) bond motifs is 5. The first-order valence-electron chi connectivity index (χ1n) is 16.8. The van der Waals surface area contributed by atoms with Crippen molar-refractivity contribution in [2.75, 3.05) is 47.5 Å². The van der Waals surface area contributed by atoms with Gasteiger partial charge in [-0.25, -0.2) is 9.93 Å². The largest absolute Gasteiger partial charge is 0.497 e. The van der Waals surface area contributed by atoms with E-state index in [9.17, 15) is 18.0 Å². The molecule has 0 saturated heterocycles. The fraction of sp³-hybridized carbons (Fsp3) is 0.556. The highest BCUT2D eigenvalue weighted by Crippen LogP contribution is 2.48. The van der Waals surface area contributed by atoms with Gasteiger partial charge in [-0.1, -0.05) is 37.5 Å². The number of esters is 1. The van der Waals surface area contributed by atoms with Gasteiger partial charge in [-0.2, -0.15) is 12.7 Å². The highest BCUT2D eigenvalue weighted by atomic mass is 32.2. The van der Waals surface area contributed by atoms with Crippen LogP contribution >= 0.6 is 0 Å². The summed E-state index contributed by atoms with van der Waals surface area (Å²) in [5, 5.41) is 6.27. The van der Waals surface area contributed by atoms with Crippen molar-refractivity contribution in [2.24, 2.45) is 11.1 Å². The lowest BCUT2D eigenvalue weighted by Crippen LogP contribution is -2.36. The Morgan fingerprint density at radius 1 is 1.04 bits per heavy atom. The zero-order valence-electron chi connectivity index (χ0n) is 29.0. The van der Waals surface area contributed by atoms with Crippen molar-refractivity contribution in [1.82, 2.24) is 13.8 Å². The average Bonchev–Trinajstić information content (AvgIpc) is 3.25. The van der Waals surface area contributed by atoms with Gasteiger partial charge < -0.3 is 23.7 Å². The second-order valence-electron chi connectivity index (χ2n) is 14.1. The minimum Gasteiger partial charge on any atom is -0.497 e. The molecule has 0 bridgehead atoms. The molecule has 48 heavy (non-hydrogen) atoms. The molecule has 1 saturated carbocycles. The lowest BCUT2D eigenvalue weighted by molar-refractivity contribution is -0.126.